The van der Waals surface area contributed by atoms with Crippen LogP contribution in [-0.4, -0.2) is 11.4 Å². The van der Waals surface area contributed by atoms with E-state index in [-0.39, 0.29) is 5.41 Å². The first-order chi connectivity index (χ1) is 13.0. The van der Waals surface area contributed by atoms with Crippen LogP contribution in [0.1, 0.15) is 57.2 Å². The largest absolute Gasteiger partial charge is 0.295 e. The molecule has 0 aromatic heterocycles. The van der Waals surface area contributed by atoms with Crippen LogP contribution in [-0.2, 0) is 18.5 Å². The molecule has 0 fully saturated rings. The lowest BCUT2D eigenvalue weighted by Crippen LogP contribution is -2.24. The van der Waals surface area contributed by atoms with Gasteiger partial charge in [0.05, 0.1) is 0 Å². The normalized spacial score (nSPS) is 12.0. The quantitative estimate of drug-likeness (QED) is 0.441. The molecule has 3 rings (SSSR count). The molecular weight excluding hydrogens is 326 g/mol. The smallest absolute Gasteiger partial charge is 0.0243 e. The number of hydrogen-bond donors (Lipinski definition) is 0. The summed E-state index contributed by atoms with van der Waals surface area (Å²) in [6.45, 7) is 12.2. The van der Waals surface area contributed by atoms with Gasteiger partial charge in [0.1, 0.15) is 0 Å². The van der Waals surface area contributed by atoms with E-state index >= 15 is 0 Å². The van der Waals surface area contributed by atoms with Crippen LogP contribution in [0.15, 0.2) is 66.7 Å². The van der Waals surface area contributed by atoms with Gasteiger partial charge >= 0.3 is 0 Å². The van der Waals surface area contributed by atoms with Crippen molar-refractivity contribution >= 4 is 10.8 Å². The third kappa shape index (κ3) is 5.20. The van der Waals surface area contributed by atoms with Gasteiger partial charge in [-0.1, -0.05) is 101 Å². The summed E-state index contributed by atoms with van der Waals surface area (Å²) in [4.78, 5) is 2.59. The van der Waals surface area contributed by atoms with Gasteiger partial charge in [-0.3, -0.25) is 4.90 Å². The zero-order chi connectivity index (χ0) is 19.3. The van der Waals surface area contributed by atoms with E-state index in [4.69, 9.17) is 0 Å². The van der Waals surface area contributed by atoms with Gasteiger partial charge in [0.15, 0.2) is 0 Å². The van der Waals surface area contributed by atoms with Gasteiger partial charge in [-0.25, -0.2) is 0 Å². The maximum absolute atomic E-state index is 2.59. The summed E-state index contributed by atoms with van der Waals surface area (Å²) in [6, 6.07) is 24.6. The average Bonchev–Trinajstić information content (AvgIpc) is 2.66. The number of rotatable bonds is 7. The number of fused-ring (bicyclic) bond motifs is 1. The maximum Gasteiger partial charge on any atom is 0.0243 e. The third-order valence-electron chi connectivity index (χ3n) is 5.33. The standard InChI is InChI=1S/C26H33N/c1-5-6-18-27(19-21-14-16-24(17-15-21)26(2,3)4)20-23-12-9-11-22-10-7-8-13-25(22)23/h7-17H,5-6,18-20H2,1-4H3. The molecular formula is C26H33N. The Hall–Kier alpha value is -2.12. The molecule has 0 N–H and O–H groups in total. The highest BCUT2D eigenvalue weighted by molar-refractivity contribution is 5.85. The van der Waals surface area contributed by atoms with Crippen molar-refractivity contribution in [1.82, 2.24) is 4.90 Å². The van der Waals surface area contributed by atoms with E-state index in [1.54, 1.807) is 0 Å². The van der Waals surface area contributed by atoms with Crippen molar-refractivity contribution in [3.8, 4) is 0 Å². The molecule has 142 valence electrons. The topological polar surface area (TPSA) is 3.24 Å². The van der Waals surface area contributed by atoms with Crippen LogP contribution in [0.3, 0.4) is 0 Å². The van der Waals surface area contributed by atoms with Crippen LogP contribution in [0.2, 0.25) is 0 Å². The van der Waals surface area contributed by atoms with Gasteiger partial charge in [-0.2, -0.15) is 0 Å². The molecule has 0 saturated carbocycles. The van der Waals surface area contributed by atoms with Crippen molar-refractivity contribution in [3.63, 3.8) is 0 Å². The summed E-state index contributed by atoms with van der Waals surface area (Å²) in [5.41, 5.74) is 4.44. The van der Waals surface area contributed by atoms with Crippen LogP contribution in [0.5, 0.6) is 0 Å². The number of unbranched alkanes of at least 4 members (excludes halogenated alkanes) is 1. The minimum Gasteiger partial charge on any atom is -0.295 e. The van der Waals surface area contributed by atoms with E-state index in [0.717, 1.165) is 19.6 Å². The van der Waals surface area contributed by atoms with Crippen LogP contribution in [0.4, 0.5) is 0 Å². The highest BCUT2D eigenvalue weighted by atomic mass is 15.1. The van der Waals surface area contributed by atoms with Crippen molar-refractivity contribution in [1.29, 1.82) is 0 Å². The first-order valence-corrected chi connectivity index (χ1v) is 10.3. The molecule has 0 aliphatic rings. The first-order valence-electron chi connectivity index (χ1n) is 10.3. The Morgan fingerprint density at radius 1 is 0.778 bits per heavy atom. The van der Waals surface area contributed by atoms with Gasteiger partial charge in [-0.05, 0) is 45.8 Å². The Balaban J connectivity index is 1.79. The molecule has 0 spiro atoms. The molecule has 27 heavy (non-hydrogen) atoms. The molecule has 0 bridgehead atoms. The lowest BCUT2D eigenvalue weighted by Gasteiger charge is -2.24. The van der Waals surface area contributed by atoms with Gasteiger partial charge in [-0.15, -0.1) is 0 Å². The molecule has 0 aliphatic carbocycles. The van der Waals surface area contributed by atoms with Crippen molar-refractivity contribution in [2.24, 2.45) is 0 Å². The van der Waals surface area contributed by atoms with Gasteiger partial charge in [0, 0.05) is 13.1 Å². The fourth-order valence-electron chi connectivity index (χ4n) is 3.64. The number of benzene rings is 3. The maximum atomic E-state index is 2.59. The van der Waals surface area contributed by atoms with Crippen molar-refractivity contribution in [3.05, 3.63) is 83.4 Å². The minimum atomic E-state index is 0.212. The Labute approximate surface area is 165 Å². The van der Waals surface area contributed by atoms with Gasteiger partial charge in [0.2, 0.25) is 0 Å². The number of nitrogens with zero attached hydrogens (tertiary/aromatic N) is 1. The van der Waals surface area contributed by atoms with E-state index in [2.05, 4.69) is 99.3 Å². The van der Waals surface area contributed by atoms with Gasteiger partial charge in [0.25, 0.3) is 0 Å². The zero-order valence-corrected chi connectivity index (χ0v) is 17.3. The molecule has 0 aliphatic heterocycles. The Morgan fingerprint density at radius 2 is 1.48 bits per heavy atom. The molecule has 0 radical (unpaired) electrons. The summed E-state index contributed by atoms with van der Waals surface area (Å²) in [7, 11) is 0. The molecule has 0 unspecified atom stereocenters. The minimum absolute atomic E-state index is 0.212. The fraction of sp³-hybridized carbons (Fsp3) is 0.385. The average molecular weight is 360 g/mol. The highest BCUT2D eigenvalue weighted by Crippen LogP contribution is 2.24. The third-order valence-corrected chi connectivity index (χ3v) is 5.33. The predicted molar refractivity (Wildman–Crippen MR) is 118 cm³/mol. The van der Waals surface area contributed by atoms with Crippen molar-refractivity contribution < 1.29 is 0 Å². The Kier molecular flexibility index (Phi) is 6.34. The molecule has 0 saturated heterocycles. The lowest BCUT2D eigenvalue weighted by molar-refractivity contribution is 0.253. The van der Waals surface area contributed by atoms with Crippen LogP contribution in [0.25, 0.3) is 10.8 Å². The molecule has 0 atom stereocenters. The second-order valence-electron chi connectivity index (χ2n) is 8.65. The zero-order valence-electron chi connectivity index (χ0n) is 17.3. The summed E-state index contributed by atoms with van der Waals surface area (Å²) in [6.07, 6.45) is 2.47. The monoisotopic (exact) mass is 359 g/mol. The van der Waals surface area contributed by atoms with Crippen molar-refractivity contribution in [2.45, 2.75) is 59.0 Å². The summed E-state index contributed by atoms with van der Waals surface area (Å²) >= 11 is 0. The Morgan fingerprint density at radius 3 is 2.19 bits per heavy atom. The van der Waals surface area contributed by atoms with Crippen molar-refractivity contribution in [2.75, 3.05) is 6.54 Å². The van der Waals surface area contributed by atoms with E-state index in [0.29, 0.717) is 0 Å². The first kappa shape index (κ1) is 19.6. The SMILES string of the molecule is CCCCN(Cc1ccc(C(C)(C)C)cc1)Cc1cccc2ccccc12. The fourth-order valence-corrected chi connectivity index (χ4v) is 3.64. The van der Waals surface area contributed by atoms with E-state index in [9.17, 15) is 0 Å². The summed E-state index contributed by atoms with van der Waals surface area (Å²) < 4.78 is 0. The molecule has 0 amide bonds. The van der Waals surface area contributed by atoms with E-state index in [1.165, 1.54) is 40.3 Å². The van der Waals surface area contributed by atoms with E-state index in [1.807, 2.05) is 0 Å². The Bertz CT molecular complexity index is 850. The van der Waals surface area contributed by atoms with Crippen LogP contribution in [0, 0.1) is 0 Å². The summed E-state index contributed by atoms with van der Waals surface area (Å²) in [5.74, 6) is 0. The molecule has 3 aromatic rings. The molecule has 1 nitrogen and oxygen atoms in total. The highest BCUT2D eigenvalue weighted by Gasteiger charge is 2.14. The van der Waals surface area contributed by atoms with E-state index < -0.39 is 0 Å². The lowest BCUT2D eigenvalue weighted by atomic mass is 9.87. The predicted octanol–water partition coefficient (Wildman–Crippen LogP) is 6.94. The molecule has 0 heterocycles. The molecule has 1 heteroatoms. The molecule has 3 aromatic carbocycles. The van der Waals surface area contributed by atoms with Crippen LogP contribution < -0.4 is 0 Å². The van der Waals surface area contributed by atoms with Crippen LogP contribution >= 0.6 is 0 Å². The second kappa shape index (κ2) is 8.71. The second-order valence-corrected chi connectivity index (χ2v) is 8.65. The number of hydrogen-bond acceptors (Lipinski definition) is 1. The summed E-state index contributed by atoms with van der Waals surface area (Å²) in [5, 5.41) is 2.71. The van der Waals surface area contributed by atoms with Gasteiger partial charge < -0.3 is 0 Å².